The Balaban J connectivity index is 2.86. The molecule has 0 aromatic heterocycles. The quantitative estimate of drug-likeness (QED) is 0.827. The van der Waals surface area contributed by atoms with Crippen molar-refractivity contribution >= 4 is 11.9 Å². The number of methoxy groups -OCH3 is 1. The van der Waals surface area contributed by atoms with Gasteiger partial charge in [-0.1, -0.05) is 6.07 Å². The number of carbonyl (C=O) groups excluding carboxylic acids is 1. The normalized spacial score (nSPS) is 10.8. The lowest BCUT2D eigenvalue weighted by molar-refractivity contribution is -0.143. The van der Waals surface area contributed by atoms with E-state index in [1.54, 1.807) is 24.3 Å². The van der Waals surface area contributed by atoms with Gasteiger partial charge in [-0.15, -0.1) is 0 Å². The highest BCUT2D eigenvalue weighted by Gasteiger charge is 2.29. The zero-order valence-corrected chi connectivity index (χ0v) is 9.98. The van der Waals surface area contributed by atoms with Gasteiger partial charge in [-0.3, -0.25) is 4.79 Å². The van der Waals surface area contributed by atoms with Gasteiger partial charge < -0.3 is 15.2 Å². The summed E-state index contributed by atoms with van der Waals surface area (Å²) in [6, 6.07) is 6.52. The Kier molecular flexibility index (Phi) is 3.73. The molecule has 5 nitrogen and oxygen atoms in total. The minimum Gasteiger partial charge on any atom is -0.497 e. The number of ether oxygens (including phenoxy) is 1. The molecule has 1 amide bonds. The fraction of sp³-hybridized carbons (Fsp3) is 0.333. The second-order valence-corrected chi connectivity index (χ2v) is 4.12. The van der Waals surface area contributed by atoms with E-state index in [0.29, 0.717) is 11.3 Å². The third-order valence-corrected chi connectivity index (χ3v) is 2.29. The summed E-state index contributed by atoms with van der Waals surface area (Å²) in [6.45, 7) is 2.85. The minimum absolute atomic E-state index is 0.360. The molecule has 1 rings (SSSR count). The van der Waals surface area contributed by atoms with Crippen molar-refractivity contribution in [3.8, 4) is 5.75 Å². The van der Waals surface area contributed by atoms with Crippen LogP contribution in [0.1, 0.15) is 24.2 Å². The highest BCUT2D eigenvalue weighted by Crippen LogP contribution is 2.13. The van der Waals surface area contributed by atoms with Crippen LogP contribution in [0.15, 0.2) is 24.3 Å². The van der Waals surface area contributed by atoms with Crippen LogP contribution >= 0.6 is 0 Å². The van der Waals surface area contributed by atoms with Crippen LogP contribution in [0.3, 0.4) is 0 Å². The Morgan fingerprint density at radius 1 is 1.35 bits per heavy atom. The molecule has 0 aliphatic heterocycles. The van der Waals surface area contributed by atoms with Crippen LogP contribution in [0.2, 0.25) is 0 Å². The van der Waals surface area contributed by atoms with Gasteiger partial charge in [0.25, 0.3) is 5.91 Å². The van der Waals surface area contributed by atoms with Gasteiger partial charge in [0.05, 0.1) is 7.11 Å². The van der Waals surface area contributed by atoms with Gasteiger partial charge >= 0.3 is 5.97 Å². The van der Waals surface area contributed by atoms with E-state index in [2.05, 4.69) is 5.32 Å². The van der Waals surface area contributed by atoms with Crippen LogP contribution in [0.5, 0.6) is 5.75 Å². The van der Waals surface area contributed by atoms with E-state index in [1.807, 2.05) is 0 Å². The Morgan fingerprint density at radius 2 is 2.00 bits per heavy atom. The molecule has 17 heavy (non-hydrogen) atoms. The average Bonchev–Trinajstić information content (AvgIpc) is 2.28. The van der Waals surface area contributed by atoms with Gasteiger partial charge in [0.2, 0.25) is 0 Å². The summed E-state index contributed by atoms with van der Waals surface area (Å²) in [6.07, 6.45) is 0. The van der Waals surface area contributed by atoms with E-state index in [4.69, 9.17) is 9.84 Å². The standard InChI is InChI=1S/C12H15NO4/c1-12(2,11(15)16)13-10(14)8-5-4-6-9(7-8)17-3/h4-7H,1-3H3,(H,13,14)(H,15,16). The number of amides is 1. The molecule has 1 aromatic carbocycles. The van der Waals surface area contributed by atoms with Crippen molar-refractivity contribution in [1.82, 2.24) is 5.32 Å². The van der Waals surface area contributed by atoms with E-state index >= 15 is 0 Å². The highest BCUT2D eigenvalue weighted by molar-refractivity contribution is 5.97. The summed E-state index contributed by atoms with van der Waals surface area (Å²) in [7, 11) is 1.50. The van der Waals surface area contributed by atoms with Gasteiger partial charge in [-0.2, -0.15) is 0 Å². The van der Waals surface area contributed by atoms with Crippen LogP contribution in [-0.4, -0.2) is 29.6 Å². The number of hydrogen-bond acceptors (Lipinski definition) is 3. The molecule has 0 radical (unpaired) electrons. The molecule has 0 aliphatic rings. The fourth-order valence-corrected chi connectivity index (χ4v) is 1.17. The molecule has 0 aliphatic carbocycles. The summed E-state index contributed by atoms with van der Waals surface area (Å²) >= 11 is 0. The van der Waals surface area contributed by atoms with E-state index in [9.17, 15) is 9.59 Å². The number of aliphatic carboxylic acids is 1. The molecule has 0 heterocycles. The molecule has 0 saturated carbocycles. The molecule has 0 saturated heterocycles. The summed E-state index contributed by atoms with van der Waals surface area (Å²) in [4.78, 5) is 22.7. The van der Waals surface area contributed by atoms with Crippen molar-refractivity contribution in [3.05, 3.63) is 29.8 Å². The monoisotopic (exact) mass is 237 g/mol. The Hall–Kier alpha value is -2.04. The Morgan fingerprint density at radius 3 is 2.53 bits per heavy atom. The molecule has 1 aromatic rings. The first-order valence-corrected chi connectivity index (χ1v) is 5.07. The molecule has 0 fully saturated rings. The molecule has 5 heteroatoms. The number of nitrogens with one attached hydrogen (secondary N) is 1. The van der Waals surface area contributed by atoms with Gasteiger partial charge in [0, 0.05) is 5.56 Å². The second-order valence-electron chi connectivity index (χ2n) is 4.12. The zero-order chi connectivity index (χ0) is 13.1. The van der Waals surface area contributed by atoms with E-state index in [0.717, 1.165) is 0 Å². The second kappa shape index (κ2) is 4.86. The maximum absolute atomic E-state index is 11.8. The predicted molar refractivity (Wildman–Crippen MR) is 62.2 cm³/mol. The summed E-state index contributed by atoms with van der Waals surface area (Å²) in [5.41, 5.74) is -0.946. The molecule has 0 spiro atoms. The van der Waals surface area contributed by atoms with Gasteiger partial charge in [0.15, 0.2) is 0 Å². The fourth-order valence-electron chi connectivity index (χ4n) is 1.17. The number of benzene rings is 1. The number of carboxylic acid groups (broad SMARTS) is 1. The van der Waals surface area contributed by atoms with Crippen molar-refractivity contribution in [2.45, 2.75) is 19.4 Å². The van der Waals surface area contributed by atoms with Crippen LogP contribution in [-0.2, 0) is 4.79 Å². The first kappa shape index (κ1) is 13.0. The number of carboxylic acids is 1. The molecule has 92 valence electrons. The first-order chi connectivity index (χ1) is 7.86. The number of rotatable bonds is 4. The van der Waals surface area contributed by atoms with Crippen molar-refractivity contribution < 1.29 is 19.4 Å². The lowest BCUT2D eigenvalue weighted by Gasteiger charge is -2.21. The highest BCUT2D eigenvalue weighted by atomic mass is 16.5. The van der Waals surface area contributed by atoms with Crippen molar-refractivity contribution in [2.24, 2.45) is 0 Å². The third-order valence-electron chi connectivity index (χ3n) is 2.29. The predicted octanol–water partition coefficient (Wildman–Crippen LogP) is 1.29. The lowest BCUT2D eigenvalue weighted by atomic mass is 10.1. The SMILES string of the molecule is COc1cccc(C(=O)NC(C)(C)C(=O)O)c1. The topological polar surface area (TPSA) is 75.6 Å². The van der Waals surface area contributed by atoms with Gasteiger partial charge in [0.1, 0.15) is 11.3 Å². The van der Waals surface area contributed by atoms with Gasteiger partial charge in [-0.05, 0) is 32.0 Å². The maximum atomic E-state index is 11.8. The number of hydrogen-bond donors (Lipinski definition) is 2. The van der Waals surface area contributed by atoms with Crippen molar-refractivity contribution in [1.29, 1.82) is 0 Å². The zero-order valence-electron chi connectivity index (χ0n) is 9.98. The van der Waals surface area contributed by atoms with Crippen molar-refractivity contribution in [2.75, 3.05) is 7.11 Å². The maximum Gasteiger partial charge on any atom is 0.328 e. The van der Waals surface area contributed by atoms with Crippen molar-refractivity contribution in [3.63, 3.8) is 0 Å². The van der Waals surface area contributed by atoms with Crippen LogP contribution in [0.25, 0.3) is 0 Å². The molecular weight excluding hydrogens is 222 g/mol. The van der Waals surface area contributed by atoms with Gasteiger partial charge in [-0.25, -0.2) is 4.79 Å². The Bertz CT molecular complexity index is 440. The minimum atomic E-state index is -1.31. The largest absolute Gasteiger partial charge is 0.497 e. The summed E-state index contributed by atoms with van der Waals surface area (Å²) in [5.74, 6) is -0.990. The third kappa shape index (κ3) is 3.21. The molecule has 0 bridgehead atoms. The Labute approximate surface area is 99.4 Å². The van der Waals surface area contributed by atoms with Crippen LogP contribution < -0.4 is 10.1 Å². The first-order valence-electron chi connectivity index (χ1n) is 5.07. The average molecular weight is 237 g/mol. The molecule has 0 unspecified atom stereocenters. The molecule has 2 N–H and O–H groups in total. The number of carbonyl (C=O) groups is 2. The van der Waals surface area contributed by atoms with E-state index < -0.39 is 17.4 Å². The van der Waals surface area contributed by atoms with E-state index in [-0.39, 0.29) is 0 Å². The van der Waals surface area contributed by atoms with E-state index in [1.165, 1.54) is 21.0 Å². The summed E-state index contributed by atoms with van der Waals surface area (Å²) in [5, 5.41) is 11.3. The summed E-state index contributed by atoms with van der Waals surface area (Å²) < 4.78 is 4.99. The van der Waals surface area contributed by atoms with Crippen LogP contribution in [0, 0.1) is 0 Å². The molecular formula is C12H15NO4. The smallest absolute Gasteiger partial charge is 0.328 e. The molecule has 0 atom stereocenters. The lowest BCUT2D eigenvalue weighted by Crippen LogP contribution is -2.49. The van der Waals surface area contributed by atoms with Crippen LogP contribution in [0.4, 0.5) is 0 Å².